The molecule has 0 unspecified atom stereocenters. The van der Waals surface area contributed by atoms with Crippen LogP contribution < -0.4 is 0 Å². The molecule has 0 saturated heterocycles. The number of hydrogen-bond acceptors (Lipinski definition) is 4. The van der Waals surface area contributed by atoms with Gasteiger partial charge in [-0.1, -0.05) is 35.9 Å². The number of nitrogens with zero attached hydrogens (tertiary/aromatic N) is 3. The summed E-state index contributed by atoms with van der Waals surface area (Å²) in [4.78, 5) is 25.3. The lowest BCUT2D eigenvalue weighted by molar-refractivity contribution is -0.384. The predicted octanol–water partition coefficient (Wildman–Crippen LogP) is 4.04. The van der Waals surface area contributed by atoms with Crippen LogP contribution in [-0.2, 0) is 17.8 Å². The number of carbonyl (C=O) groups excluding carboxylic acids is 1. The molecule has 0 fully saturated rings. The highest BCUT2D eigenvalue weighted by molar-refractivity contribution is 5.94. The Morgan fingerprint density at radius 3 is 2.60 bits per heavy atom. The van der Waals surface area contributed by atoms with E-state index in [0.717, 1.165) is 5.69 Å². The molecular weight excluding hydrogens is 382 g/mol. The van der Waals surface area contributed by atoms with Crippen molar-refractivity contribution in [2.24, 2.45) is 0 Å². The second-order valence-electron chi connectivity index (χ2n) is 7.14. The Kier molecular flexibility index (Phi) is 6.98. The van der Waals surface area contributed by atoms with Crippen molar-refractivity contribution in [1.82, 2.24) is 9.47 Å². The molecule has 0 aliphatic rings. The summed E-state index contributed by atoms with van der Waals surface area (Å²) in [7, 11) is 1.58. The Balaban J connectivity index is 1.81. The topological polar surface area (TPSA) is 77.6 Å². The van der Waals surface area contributed by atoms with E-state index in [1.807, 2.05) is 18.3 Å². The molecule has 1 amide bonds. The van der Waals surface area contributed by atoms with E-state index in [2.05, 4.69) is 35.8 Å². The van der Waals surface area contributed by atoms with Gasteiger partial charge in [-0.3, -0.25) is 14.9 Å². The molecule has 0 spiro atoms. The zero-order valence-corrected chi connectivity index (χ0v) is 17.2. The highest BCUT2D eigenvalue weighted by Crippen LogP contribution is 2.17. The van der Waals surface area contributed by atoms with E-state index in [1.165, 1.54) is 29.3 Å². The SMILES string of the molecule is COCCN(Cc1cccn1Cc1ccc(C)cc1)C(=O)c1cccc([N+](=O)[O-])c1. The van der Waals surface area contributed by atoms with E-state index in [0.29, 0.717) is 26.2 Å². The van der Waals surface area contributed by atoms with Gasteiger partial charge in [0.1, 0.15) is 0 Å². The fraction of sp³-hybridized carbons (Fsp3) is 0.261. The Bertz CT molecular complexity index is 1010. The molecule has 1 heterocycles. The van der Waals surface area contributed by atoms with E-state index in [9.17, 15) is 14.9 Å². The molecule has 30 heavy (non-hydrogen) atoms. The monoisotopic (exact) mass is 407 g/mol. The third kappa shape index (κ3) is 5.33. The van der Waals surface area contributed by atoms with Crippen molar-refractivity contribution in [1.29, 1.82) is 0 Å². The molecule has 0 saturated carbocycles. The highest BCUT2D eigenvalue weighted by atomic mass is 16.6. The van der Waals surface area contributed by atoms with Crippen LogP contribution in [0.4, 0.5) is 5.69 Å². The summed E-state index contributed by atoms with van der Waals surface area (Å²) in [6.45, 7) is 3.89. The van der Waals surface area contributed by atoms with Crippen LogP contribution in [0.25, 0.3) is 0 Å². The van der Waals surface area contributed by atoms with Crippen molar-refractivity contribution >= 4 is 11.6 Å². The molecule has 156 valence electrons. The van der Waals surface area contributed by atoms with Crippen LogP contribution in [-0.4, -0.2) is 40.6 Å². The first-order chi connectivity index (χ1) is 14.5. The molecule has 0 bridgehead atoms. The smallest absolute Gasteiger partial charge is 0.270 e. The van der Waals surface area contributed by atoms with Crippen LogP contribution in [0.3, 0.4) is 0 Å². The Hall–Kier alpha value is -3.45. The number of aromatic nitrogens is 1. The summed E-state index contributed by atoms with van der Waals surface area (Å²) in [6, 6.07) is 18.1. The molecule has 0 aliphatic carbocycles. The van der Waals surface area contributed by atoms with Gasteiger partial charge in [-0.2, -0.15) is 0 Å². The number of ether oxygens (including phenoxy) is 1. The maximum absolute atomic E-state index is 13.1. The second kappa shape index (κ2) is 9.84. The average molecular weight is 407 g/mol. The van der Waals surface area contributed by atoms with Gasteiger partial charge in [-0.25, -0.2) is 0 Å². The van der Waals surface area contributed by atoms with Crippen LogP contribution in [0.15, 0.2) is 66.9 Å². The molecule has 0 radical (unpaired) electrons. The number of hydrogen-bond donors (Lipinski definition) is 0. The van der Waals surface area contributed by atoms with E-state index >= 15 is 0 Å². The van der Waals surface area contributed by atoms with Gasteiger partial charge in [-0.15, -0.1) is 0 Å². The average Bonchev–Trinajstić information content (AvgIpc) is 3.18. The van der Waals surface area contributed by atoms with E-state index in [4.69, 9.17) is 4.74 Å². The molecular formula is C23H25N3O4. The number of benzene rings is 2. The maximum atomic E-state index is 13.1. The quantitative estimate of drug-likeness (QED) is 0.396. The number of aryl methyl sites for hydroxylation is 1. The summed E-state index contributed by atoms with van der Waals surface area (Å²) < 4.78 is 7.27. The van der Waals surface area contributed by atoms with Crippen LogP contribution in [0.5, 0.6) is 0 Å². The molecule has 0 N–H and O–H groups in total. The summed E-state index contributed by atoms with van der Waals surface area (Å²) in [5.74, 6) is -0.265. The van der Waals surface area contributed by atoms with Crippen LogP contribution in [0.1, 0.15) is 27.2 Å². The van der Waals surface area contributed by atoms with Gasteiger partial charge >= 0.3 is 0 Å². The zero-order valence-electron chi connectivity index (χ0n) is 17.2. The van der Waals surface area contributed by atoms with Crippen LogP contribution in [0.2, 0.25) is 0 Å². The van der Waals surface area contributed by atoms with Crippen LogP contribution >= 0.6 is 0 Å². The number of carbonyl (C=O) groups is 1. The number of amides is 1. The zero-order chi connectivity index (χ0) is 21.5. The van der Waals surface area contributed by atoms with Crippen molar-refractivity contribution in [2.45, 2.75) is 20.0 Å². The van der Waals surface area contributed by atoms with Gasteiger partial charge < -0.3 is 14.2 Å². The lowest BCUT2D eigenvalue weighted by atomic mass is 10.1. The number of rotatable bonds is 9. The fourth-order valence-electron chi connectivity index (χ4n) is 3.22. The lowest BCUT2D eigenvalue weighted by Gasteiger charge is -2.23. The molecule has 0 aliphatic heterocycles. The third-order valence-electron chi connectivity index (χ3n) is 4.91. The predicted molar refractivity (Wildman–Crippen MR) is 114 cm³/mol. The van der Waals surface area contributed by atoms with Crippen LogP contribution in [0, 0.1) is 17.0 Å². The first-order valence-electron chi connectivity index (χ1n) is 9.70. The fourth-order valence-corrected chi connectivity index (χ4v) is 3.22. The van der Waals surface area contributed by atoms with E-state index in [-0.39, 0.29) is 17.2 Å². The van der Waals surface area contributed by atoms with E-state index < -0.39 is 4.92 Å². The van der Waals surface area contributed by atoms with Crippen molar-refractivity contribution in [3.05, 3.63) is 99.4 Å². The summed E-state index contributed by atoms with van der Waals surface area (Å²) >= 11 is 0. The van der Waals surface area contributed by atoms with Crippen molar-refractivity contribution < 1.29 is 14.5 Å². The van der Waals surface area contributed by atoms with Gasteiger partial charge in [0, 0.05) is 49.8 Å². The van der Waals surface area contributed by atoms with Crippen molar-refractivity contribution in [3.8, 4) is 0 Å². The standard InChI is InChI=1S/C23H25N3O4/c1-18-8-10-19(11-9-18)16-24-12-4-7-22(24)17-25(13-14-30-2)23(27)20-5-3-6-21(15-20)26(28)29/h3-12,15H,13-14,16-17H2,1-2H3. The molecule has 7 nitrogen and oxygen atoms in total. The van der Waals surface area contributed by atoms with Crippen molar-refractivity contribution in [2.75, 3.05) is 20.3 Å². The number of non-ortho nitro benzene ring substituents is 1. The highest BCUT2D eigenvalue weighted by Gasteiger charge is 2.19. The van der Waals surface area contributed by atoms with Gasteiger partial charge in [0.15, 0.2) is 0 Å². The minimum absolute atomic E-state index is 0.102. The number of methoxy groups -OCH3 is 1. The minimum atomic E-state index is -0.497. The van der Waals surface area contributed by atoms with E-state index in [1.54, 1.807) is 18.1 Å². The first-order valence-corrected chi connectivity index (χ1v) is 9.70. The normalized spacial score (nSPS) is 10.7. The van der Waals surface area contributed by atoms with Gasteiger partial charge in [0.25, 0.3) is 11.6 Å². The largest absolute Gasteiger partial charge is 0.383 e. The molecule has 1 aromatic heterocycles. The Morgan fingerprint density at radius 2 is 1.90 bits per heavy atom. The minimum Gasteiger partial charge on any atom is -0.383 e. The van der Waals surface area contributed by atoms with Gasteiger partial charge in [0.2, 0.25) is 0 Å². The molecule has 0 atom stereocenters. The second-order valence-corrected chi connectivity index (χ2v) is 7.14. The Morgan fingerprint density at radius 1 is 1.13 bits per heavy atom. The molecule has 3 rings (SSSR count). The first kappa shape index (κ1) is 21.3. The molecule has 7 heteroatoms. The summed E-state index contributed by atoms with van der Waals surface area (Å²) in [5, 5.41) is 11.1. The van der Waals surface area contributed by atoms with Crippen molar-refractivity contribution in [3.63, 3.8) is 0 Å². The van der Waals surface area contributed by atoms with Gasteiger partial charge in [-0.05, 0) is 30.7 Å². The lowest BCUT2D eigenvalue weighted by Crippen LogP contribution is -2.34. The number of nitro groups is 1. The maximum Gasteiger partial charge on any atom is 0.270 e. The molecule has 3 aromatic rings. The van der Waals surface area contributed by atoms with Gasteiger partial charge in [0.05, 0.1) is 18.1 Å². The third-order valence-corrected chi connectivity index (χ3v) is 4.91. The summed E-state index contributed by atoms with van der Waals surface area (Å²) in [5.41, 5.74) is 3.55. The number of nitro benzene ring substituents is 1. The summed E-state index contributed by atoms with van der Waals surface area (Å²) in [6.07, 6.45) is 1.99. The Labute approximate surface area is 175 Å². The molecule has 2 aromatic carbocycles.